The molecule has 1 aromatic carbocycles. The summed E-state index contributed by atoms with van der Waals surface area (Å²) in [4.78, 5) is 10.8. The molecule has 0 unspecified atom stereocenters. The molecule has 1 saturated heterocycles. The number of aromatic nitrogens is 4. The van der Waals surface area contributed by atoms with Crippen molar-refractivity contribution in [3.8, 4) is 5.95 Å². The lowest BCUT2D eigenvalue weighted by Crippen LogP contribution is -2.42. The maximum absolute atomic E-state index is 11.0. The van der Waals surface area contributed by atoms with Gasteiger partial charge < -0.3 is 5.11 Å². The molecular weight excluding hydrogens is 386 g/mol. The molecule has 1 aliphatic heterocycles. The van der Waals surface area contributed by atoms with Crippen LogP contribution in [0.25, 0.3) is 12.0 Å². The van der Waals surface area contributed by atoms with E-state index in [2.05, 4.69) is 32.1 Å². The molecule has 3 heterocycles. The van der Waals surface area contributed by atoms with Crippen molar-refractivity contribution in [1.29, 1.82) is 0 Å². The van der Waals surface area contributed by atoms with Crippen molar-refractivity contribution in [2.24, 2.45) is 0 Å². The van der Waals surface area contributed by atoms with Gasteiger partial charge in [-0.2, -0.15) is 5.10 Å². The van der Waals surface area contributed by atoms with Crippen LogP contribution in [0, 0.1) is 6.92 Å². The SMILES string of the molecule is Cc1c(/C=C/CN2CCC(O)(c3ccc(Cl)cc3)CC2)cnn1-c1ncccn1. The minimum atomic E-state index is -0.766. The Morgan fingerprint density at radius 1 is 1.14 bits per heavy atom. The summed E-state index contributed by atoms with van der Waals surface area (Å²) >= 11 is 5.96. The lowest BCUT2D eigenvalue weighted by Gasteiger charge is -2.38. The van der Waals surface area contributed by atoms with Gasteiger partial charge in [0.25, 0.3) is 5.95 Å². The van der Waals surface area contributed by atoms with Gasteiger partial charge in [-0.05, 0) is 43.5 Å². The Kier molecular flexibility index (Phi) is 5.76. The van der Waals surface area contributed by atoms with Crippen LogP contribution in [0.15, 0.2) is 55.0 Å². The summed E-state index contributed by atoms with van der Waals surface area (Å²) in [7, 11) is 0. The smallest absolute Gasteiger partial charge is 0.250 e. The number of benzene rings is 1. The minimum Gasteiger partial charge on any atom is -0.385 e. The lowest BCUT2D eigenvalue weighted by atomic mass is 9.84. The number of likely N-dealkylation sites (tertiary alicyclic amines) is 1. The predicted octanol–water partition coefficient (Wildman–Crippen LogP) is 3.62. The zero-order valence-corrected chi connectivity index (χ0v) is 17.1. The summed E-state index contributed by atoms with van der Waals surface area (Å²) in [6.07, 6.45) is 10.9. The molecule has 6 nitrogen and oxygen atoms in total. The topological polar surface area (TPSA) is 67.1 Å². The van der Waals surface area contributed by atoms with Gasteiger partial charge >= 0.3 is 0 Å². The number of hydrogen-bond acceptors (Lipinski definition) is 5. The average Bonchev–Trinajstić information content (AvgIpc) is 3.11. The monoisotopic (exact) mass is 409 g/mol. The van der Waals surface area contributed by atoms with Crippen LogP contribution in [0.4, 0.5) is 0 Å². The van der Waals surface area contributed by atoms with Crippen LogP contribution in [0.3, 0.4) is 0 Å². The maximum Gasteiger partial charge on any atom is 0.250 e. The highest BCUT2D eigenvalue weighted by molar-refractivity contribution is 6.30. The molecule has 2 aromatic heterocycles. The third kappa shape index (κ3) is 4.40. The molecule has 29 heavy (non-hydrogen) atoms. The fourth-order valence-corrected chi connectivity index (χ4v) is 3.80. The molecule has 0 atom stereocenters. The Morgan fingerprint density at radius 2 is 1.83 bits per heavy atom. The van der Waals surface area contributed by atoms with Crippen molar-refractivity contribution in [3.63, 3.8) is 0 Å². The predicted molar refractivity (Wildman–Crippen MR) is 114 cm³/mol. The summed E-state index contributed by atoms with van der Waals surface area (Å²) < 4.78 is 1.74. The first kappa shape index (κ1) is 19.8. The summed E-state index contributed by atoms with van der Waals surface area (Å²) in [5.74, 6) is 0.571. The van der Waals surface area contributed by atoms with E-state index in [9.17, 15) is 5.11 Å². The van der Waals surface area contributed by atoms with Crippen molar-refractivity contribution < 1.29 is 5.11 Å². The molecule has 0 radical (unpaired) electrons. The van der Waals surface area contributed by atoms with E-state index in [4.69, 9.17) is 11.6 Å². The summed E-state index contributed by atoms with van der Waals surface area (Å²) in [6, 6.07) is 9.32. The van der Waals surface area contributed by atoms with Gasteiger partial charge in [0.05, 0.1) is 17.5 Å². The van der Waals surface area contributed by atoms with E-state index in [1.807, 2.05) is 37.4 Å². The van der Waals surface area contributed by atoms with Crippen LogP contribution in [0.2, 0.25) is 5.02 Å². The Hall–Kier alpha value is -2.54. The fraction of sp³-hybridized carbons (Fsp3) is 0.318. The first-order valence-corrected chi connectivity index (χ1v) is 10.1. The number of halogens is 1. The average molecular weight is 410 g/mol. The molecule has 3 aromatic rings. The van der Waals surface area contributed by atoms with Crippen LogP contribution < -0.4 is 0 Å². The molecule has 0 spiro atoms. The summed E-state index contributed by atoms with van der Waals surface area (Å²) in [6.45, 7) is 4.54. The molecular formula is C22H24ClN5O. The highest BCUT2D eigenvalue weighted by atomic mass is 35.5. The van der Waals surface area contributed by atoms with Gasteiger partial charge in [0, 0.05) is 42.6 Å². The fourth-order valence-electron chi connectivity index (χ4n) is 3.67. The first-order chi connectivity index (χ1) is 14.0. The zero-order chi connectivity index (χ0) is 20.3. The molecule has 1 aliphatic rings. The molecule has 150 valence electrons. The Morgan fingerprint density at radius 3 is 2.52 bits per heavy atom. The van der Waals surface area contributed by atoms with Crippen LogP contribution in [-0.2, 0) is 5.60 Å². The van der Waals surface area contributed by atoms with Gasteiger partial charge in [-0.15, -0.1) is 0 Å². The van der Waals surface area contributed by atoms with E-state index in [1.54, 1.807) is 23.1 Å². The number of hydrogen-bond donors (Lipinski definition) is 1. The van der Waals surface area contributed by atoms with Crippen molar-refractivity contribution in [2.45, 2.75) is 25.4 Å². The van der Waals surface area contributed by atoms with E-state index >= 15 is 0 Å². The van der Waals surface area contributed by atoms with Crippen molar-refractivity contribution in [3.05, 3.63) is 76.8 Å². The molecule has 1 N–H and O–H groups in total. The molecule has 4 rings (SSSR count). The van der Waals surface area contributed by atoms with Crippen molar-refractivity contribution in [1.82, 2.24) is 24.6 Å². The van der Waals surface area contributed by atoms with Crippen LogP contribution >= 0.6 is 11.6 Å². The minimum absolute atomic E-state index is 0.571. The van der Waals surface area contributed by atoms with Gasteiger partial charge in [0.2, 0.25) is 0 Å². The second-order valence-electron chi connectivity index (χ2n) is 7.39. The van der Waals surface area contributed by atoms with E-state index in [0.717, 1.165) is 36.5 Å². The third-order valence-corrected chi connectivity index (χ3v) is 5.77. The normalized spacial score (nSPS) is 17.1. The molecule has 1 fully saturated rings. The second-order valence-corrected chi connectivity index (χ2v) is 7.82. The molecule has 0 aliphatic carbocycles. The lowest BCUT2D eigenvalue weighted by molar-refractivity contribution is -0.0233. The highest BCUT2D eigenvalue weighted by Crippen LogP contribution is 2.33. The van der Waals surface area contributed by atoms with E-state index in [-0.39, 0.29) is 0 Å². The Bertz CT molecular complexity index is 976. The van der Waals surface area contributed by atoms with Gasteiger partial charge in [0.1, 0.15) is 0 Å². The van der Waals surface area contributed by atoms with E-state index < -0.39 is 5.60 Å². The van der Waals surface area contributed by atoms with Gasteiger partial charge in [-0.1, -0.05) is 35.9 Å². The van der Waals surface area contributed by atoms with Crippen LogP contribution in [0.5, 0.6) is 0 Å². The quantitative estimate of drug-likeness (QED) is 0.697. The standard InChI is InChI=1S/C22H24ClN5O/c1-17-18(16-26-28(17)21-24-11-3-12-25-21)4-2-13-27-14-9-22(29,10-15-27)19-5-7-20(23)8-6-19/h2-8,11-12,16,29H,9-10,13-15H2,1H3/b4-2+. The largest absolute Gasteiger partial charge is 0.385 e. The number of piperidine rings is 1. The molecule has 7 heteroatoms. The van der Waals surface area contributed by atoms with E-state index in [0.29, 0.717) is 23.8 Å². The third-order valence-electron chi connectivity index (χ3n) is 5.52. The Labute approximate surface area is 175 Å². The molecule has 0 amide bonds. The molecule has 0 saturated carbocycles. The Balaban J connectivity index is 1.34. The van der Waals surface area contributed by atoms with Crippen LogP contribution in [-0.4, -0.2) is 49.4 Å². The second kappa shape index (κ2) is 8.45. The maximum atomic E-state index is 11.0. The number of nitrogens with zero attached hydrogens (tertiary/aromatic N) is 5. The first-order valence-electron chi connectivity index (χ1n) is 9.74. The van der Waals surface area contributed by atoms with Gasteiger partial charge in [0.15, 0.2) is 0 Å². The van der Waals surface area contributed by atoms with Crippen LogP contribution in [0.1, 0.15) is 29.7 Å². The van der Waals surface area contributed by atoms with E-state index in [1.165, 1.54) is 0 Å². The number of aliphatic hydroxyl groups is 1. The highest BCUT2D eigenvalue weighted by Gasteiger charge is 2.33. The summed E-state index contributed by atoms with van der Waals surface area (Å²) in [5.41, 5.74) is 2.23. The van der Waals surface area contributed by atoms with Crippen molar-refractivity contribution in [2.75, 3.05) is 19.6 Å². The zero-order valence-electron chi connectivity index (χ0n) is 16.4. The van der Waals surface area contributed by atoms with Gasteiger partial charge in [-0.3, -0.25) is 4.90 Å². The van der Waals surface area contributed by atoms with Gasteiger partial charge in [-0.25, -0.2) is 14.6 Å². The number of rotatable bonds is 5. The summed E-state index contributed by atoms with van der Waals surface area (Å²) in [5, 5.41) is 16.1. The molecule has 0 bridgehead atoms. The van der Waals surface area contributed by atoms with Crippen molar-refractivity contribution >= 4 is 17.7 Å².